The minimum Gasteiger partial charge on any atom is -0.494 e. The smallest absolute Gasteiger partial charge is 0.278 e. The Morgan fingerprint density at radius 2 is 1.78 bits per heavy atom. The number of amides is 3. The van der Waals surface area contributed by atoms with E-state index >= 15 is 0 Å². The molecule has 0 aliphatic carbocycles. The minimum absolute atomic E-state index is 0. The second-order valence-corrected chi connectivity index (χ2v) is 11.0. The van der Waals surface area contributed by atoms with Crippen LogP contribution in [-0.4, -0.2) is 110 Å². The summed E-state index contributed by atoms with van der Waals surface area (Å²) in [5, 5.41) is 25.5. The van der Waals surface area contributed by atoms with E-state index in [1.54, 1.807) is 51.6 Å². The molecule has 6 rings (SSSR count). The van der Waals surface area contributed by atoms with E-state index in [1.165, 1.54) is 31.6 Å². The minimum atomic E-state index is -1.16. The largest absolute Gasteiger partial charge is 0.494 e. The number of aryl methyl sites for hydroxylation is 1. The number of aromatic nitrogens is 3. The highest BCUT2D eigenvalue weighted by Crippen LogP contribution is 2.27. The van der Waals surface area contributed by atoms with Gasteiger partial charge in [-0.05, 0) is 48.9 Å². The molecule has 4 heterocycles. The Labute approximate surface area is 269 Å². The normalized spacial score (nSPS) is 19.5. The first-order valence-corrected chi connectivity index (χ1v) is 14.4. The molecule has 0 spiro atoms. The van der Waals surface area contributed by atoms with Gasteiger partial charge in [-0.2, -0.15) is 0 Å². The van der Waals surface area contributed by atoms with E-state index in [4.69, 9.17) is 4.74 Å². The fourth-order valence-electron chi connectivity index (χ4n) is 5.73. The van der Waals surface area contributed by atoms with Crippen LogP contribution >= 0.6 is 12.4 Å². The summed E-state index contributed by atoms with van der Waals surface area (Å²) in [5.41, 5.74) is 3.05. The first kappa shape index (κ1) is 32.8. The Balaban J connectivity index is 0.00000417. The molecule has 4 N–H and O–H groups in total. The van der Waals surface area contributed by atoms with Crippen LogP contribution in [0.1, 0.15) is 26.4 Å². The lowest BCUT2D eigenvalue weighted by atomic mass is 10.1. The second kappa shape index (κ2) is 13.4. The maximum Gasteiger partial charge on any atom is 0.278 e. The highest BCUT2D eigenvalue weighted by molar-refractivity contribution is 6.07. The van der Waals surface area contributed by atoms with Crippen LogP contribution in [0.5, 0.6) is 5.75 Å². The van der Waals surface area contributed by atoms with Crippen LogP contribution in [0.4, 0.5) is 10.1 Å². The molecule has 242 valence electrons. The van der Waals surface area contributed by atoms with Gasteiger partial charge in [0.1, 0.15) is 12.1 Å². The van der Waals surface area contributed by atoms with Crippen molar-refractivity contribution >= 4 is 41.5 Å². The number of carbonyl (C=O) groups is 3. The van der Waals surface area contributed by atoms with Crippen molar-refractivity contribution in [2.45, 2.75) is 25.2 Å². The molecule has 2 fully saturated rings. The van der Waals surface area contributed by atoms with Crippen molar-refractivity contribution in [3.8, 4) is 17.0 Å². The lowest BCUT2D eigenvalue weighted by molar-refractivity contribution is -0.137. The number of hydrogen-bond acceptors (Lipinski definition) is 9. The van der Waals surface area contributed by atoms with Crippen LogP contribution in [0.25, 0.3) is 16.9 Å². The zero-order valence-corrected chi connectivity index (χ0v) is 25.8. The van der Waals surface area contributed by atoms with E-state index in [2.05, 4.69) is 20.6 Å². The number of methoxy groups -OCH3 is 1. The second-order valence-electron chi connectivity index (χ2n) is 11.0. The fourth-order valence-corrected chi connectivity index (χ4v) is 5.73. The molecule has 3 amide bonds. The number of halogens is 2. The van der Waals surface area contributed by atoms with Gasteiger partial charge >= 0.3 is 0 Å². The monoisotopic (exact) mass is 653 g/mol. The summed E-state index contributed by atoms with van der Waals surface area (Å²) in [6, 6.07) is 8.66. The van der Waals surface area contributed by atoms with Crippen molar-refractivity contribution in [2.75, 3.05) is 45.2 Å². The predicted octanol–water partition coefficient (Wildman–Crippen LogP) is 1.50. The lowest BCUT2D eigenvalue weighted by Crippen LogP contribution is -2.56. The molecule has 13 nitrogen and oxygen atoms in total. The lowest BCUT2D eigenvalue weighted by Gasteiger charge is -2.36. The number of imidazole rings is 1. The van der Waals surface area contributed by atoms with E-state index < -0.39 is 30.0 Å². The summed E-state index contributed by atoms with van der Waals surface area (Å²) >= 11 is 0. The third-order valence-electron chi connectivity index (χ3n) is 8.23. The molecule has 2 aliphatic rings. The molecule has 4 aromatic rings. The van der Waals surface area contributed by atoms with Gasteiger partial charge in [-0.3, -0.25) is 18.8 Å². The van der Waals surface area contributed by atoms with E-state index in [0.29, 0.717) is 54.3 Å². The Morgan fingerprint density at radius 3 is 2.43 bits per heavy atom. The Bertz CT molecular complexity index is 1790. The molecule has 46 heavy (non-hydrogen) atoms. The SMILES string of the molecule is COc1ccc(-c2cnc3c(C(=O)Nc4ccc(C(=O)N5CCN(C(=O)[C@H]6NC[C@H](O)[C@@H]6O)CC5)c(C)c4)nccn23)cc1F.Cl. The number of piperazine rings is 1. The van der Waals surface area contributed by atoms with E-state index in [-0.39, 0.29) is 47.9 Å². The van der Waals surface area contributed by atoms with Crippen LogP contribution < -0.4 is 15.4 Å². The van der Waals surface area contributed by atoms with Crippen molar-refractivity contribution in [1.29, 1.82) is 0 Å². The standard InChI is InChI=1S/C31H32FN7O6.ClH/c1-17-13-19(4-5-20(17)30(43)37-9-11-38(12-10-37)31(44)25-27(41)23(40)16-34-25)36-29(42)26-28-35-15-22(39(28)8-7-33-26)18-3-6-24(45-2)21(32)14-18;/h3-8,13-15,23,25,27,34,40-41H,9-12,16H2,1-2H3,(H,36,42);1H/t23-,25-,27-;/m0./s1. The zero-order valence-electron chi connectivity index (χ0n) is 25.0. The highest BCUT2D eigenvalue weighted by Gasteiger charge is 2.40. The Kier molecular flexibility index (Phi) is 9.53. The molecular weight excluding hydrogens is 621 g/mol. The predicted molar refractivity (Wildman–Crippen MR) is 168 cm³/mol. The number of nitrogens with one attached hydrogen (secondary N) is 2. The van der Waals surface area contributed by atoms with E-state index in [1.807, 2.05) is 0 Å². The van der Waals surface area contributed by atoms with Gasteiger partial charge in [0.05, 0.1) is 25.1 Å². The summed E-state index contributed by atoms with van der Waals surface area (Å²) in [5.74, 6) is -1.41. The molecule has 2 aromatic heterocycles. The molecule has 2 aliphatic heterocycles. The summed E-state index contributed by atoms with van der Waals surface area (Å²) in [6.07, 6.45) is 2.48. The van der Waals surface area contributed by atoms with Crippen molar-refractivity contribution in [3.05, 3.63) is 77.6 Å². The summed E-state index contributed by atoms with van der Waals surface area (Å²) in [4.78, 5) is 51.2. The third kappa shape index (κ3) is 6.11. The number of carbonyl (C=O) groups excluding carboxylic acids is 3. The molecule has 15 heteroatoms. The first-order valence-electron chi connectivity index (χ1n) is 14.4. The van der Waals surface area contributed by atoms with Crippen LogP contribution in [0.15, 0.2) is 55.0 Å². The average molecular weight is 654 g/mol. The number of rotatable bonds is 6. The molecule has 0 bridgehead atoms. The third-order valence-corrected chi connectivity index (χ3v) is 8.23. The number of β-amino-alcohol motifs (C(OH)–C–C–N with tert-alkyl or cyclic N) is 1. The summed E-state index contributed by atoms with van der Waals surface area (Å²) < 4.78 is 21.0. The van der Waals surface area contributed by atoms with Crippen molar-refractivity contribution in [2.24, 2.45) is 0 Å². The topological polar surface area (TPSA) is 162 Å². The number of aliphatic hydroxyl groups is 2. The van der Waals surface area contributed by atoms with Gasteiger partial charge in [-0.25, -0.2) is 14.4 Å². The van der Waals surface area contributed by atoms with Crippen LogP contribution in [0.3, 0.4) is 0 Å². The van der Waals surface area contributed by atoms with Gasteiger partial charge in [0.15, 0.2) is 22.9 Å². The van der Waals surface area contributed by atoms with Gasteiger partial charge in [-0.15, -0.1) is 12.4 Å². The Morgan fingerprint density at radius 1 is 1.04 bits per heavy atom. The van der Waals surface area contributed by atoms with Crippen LogP contribution in [-0.2, 0) is 4.79 Å². The molecule has 0 radical (unpaired) electrons. The van der Waals surface area contributed by atoms with Gasteiger partial charge in [0, 0.05) is 61.9 Å². The van der Waals surface area contributed by atoms with E-state index in [0.717, 1.165) is 0 Å². The van der Waals surface area contributed by atoms with Crippen molar-refractivity contribution in [1.82, 2.24) is 29.5 Å². The summed E-state index contributed by atoms with van der Waals surface area (Å²) in [7, 11) is 1.39. The maximum absolute atomic E-state index is 14.3. The van der Waals surface area contributed by atoms with Crippen molar-refractivity contribution in [3.63, 3.8) is 0 Å². The zero-order chi connectivity index (χ0) is 31.8. The molecule has 2 aromatic carbocycles. The van der Waals surface area contributed by atoms with Gasteiger partial charge in [0.25, 0.3) is 11.8 Å². The van der Waals surface area contributed by atoms with Gasteiger partial charge in [-0.1, -0.05) is 0 Å². The molecule has 0 unspecified atom stereocenters. The van der Waals surface area contributed by atoms with Crippen molar-refractivity contribution < 1.29 is 33.7 Å². The Hall–Kier alpha value is -4.63. The maximum atomic E-state index is 14.3. The van der Waals surface area contributed by atoms with Gasteiger partial charge < -0.3 is 35.4 Å². The quantitative estimate of drug-likeness (QED) is 0.242. The number of benzene rings is 2. The number of aliphatic hydroxyl groups excluding tert-OH is 2. The number of hydrogen-bond donors (Lipinski definition) is 4. The fraction of sp³-hybridized carbons (Fsp3) is 0.323. The number of nitrogens with zero attached hydrogens (tertiary/aromatic N) is 5. The van der Waals surface area contributed by atoms with Crippen LogP contribution in [0, 0.1) is 12.7 Å². The number of ether oxygens (including phenoxy) is 1. The highest BCUT2D eigenvalue weighted by atomic mass is 35.5. The average Bonchev–Trinajstić information content (AvgIpc) is 3.63. The molecule has 3 atom stereocenters. The molecular formula is C31H33ClFN7O6. The number of anilines is 1. The van der Waals surface area contributed by atoms with Gasteiger partial charge in [0.2, 0.25) is 5.91 Å². The van der Waals surface area contributed by atoms with Crippen LogP contribution in [0.2, 0.25) is 0 Å². The summed E-state index contributed by atoms with van der Waals surface area (Å²) in [6.45, 7) is 3.17. The first-order chi connectivity index (χ1) is 21.7. The molecule has 2 saturated heterocycles. The number of fused-ring (bicyclic) bond motifs is 1. The molecule has 0 saturated carbocycles. The van der Waals surface area contributed by atoms with E-state index in [9.17, 15) is 29.0 Å².